The van der Waals surface area contributed by atoms with Crippen molar-refractivity contribution in [3.05, 3.63) is 23.2 Å². The van der Waals surface area contributed by atoms with Gasteiger partial charge in [0, 0.05) is 6.42 Å². The summed E-state index contributed by atoms with van der Waals surface area (Å²) in [7, 11) is 1.63. The van der Waals surface area contributed by atoms with Gasteiger partial charge in [0.1, 0.15) is 16.4 Å². The third kappa shape index (κ3) is 3.47. The van der Waals surface area contributed by atoms with Crippen molar-refractivity contribution < 1.29 is 19.4 Å². The molecule has 1 unspecified atom stereocenters. The number of rotatable bonds is 2. The first-order chi connectivity index (χ1) is 11.3. The number of carbonyl (C=O) groups excluding carboxylic acids is 1. The van der Waals surface area contributed by atoms with E-state index < -0.39 is 17.8 Å². The summed E-state index contributed by atoms with van der Waals surface area (Å²) in [6, 6.07) is 5.43. The van der Waals surface area contributed by atoms with Crippen LogP contribution in [0.2, 0.25) is 0 Å². The van der Waals surface area contributed by atoms with Gasteiger partial charge < -0.3 is 14.6 Å². The molecule has 2 heterocycles. The first kappa shape index (κ1) is 17.0. The Morgan fingerprint density at radius 1 is 1.42 bits per heavy atom. The molecule has 1 N–H and O–H groups in total. The quantitative estimate of drug-likeness (QED) is 0.899. The Morgan fingerprint density at radius 3 is 2.83 bits per heavy atom. The molecule has 0 aliphatic carbocycles. The minimum Gasteiger partial charge on any atom is -0.497 e. The third-order valence-electron chi connectivity index (χ3n) is 3.80. The molecule has 0 radical (unpaired) electrons. The minimum absolute atomic E-state index is 0.263. The van der Waals surface area contributed by atoms with Crippen LogP contribution in [0.4, 0.5) is 4.79 Å². The van der Waals surface area contributed by atoms with Gasteiger partial charge in [0.25, 0.3) is 0 Å². The second-order valence-electron chi connectivity index (χ2n) is 6.92. The van der Waals surface area contributed by atoms with Gasteiger partial charge in [0.05, 0.1) is 36.0 Å². The van der Waals surface area contributed by atoms with E-state index in [2.05, 4.69) is 4.98 Å². The van der Waals surface area contributed by atoms with Crippen molar-refractivity contribution in [2.45, 2.75) is 44.9 Å². The average Bonchev–Trinajstić information content (AvgIpc) is 3.07. The summed E-state index contributed by atoms with van der Waals surface area (Å²) in [5, 5.41) is 10.8. The summed E-state index contributed by atoms with van der Waals surface area (Å²) in [6.07, 6.45) is -0.513. The third-order valence-corrected chi connectivity index (χ3v) is 4.92. The smallest absolute Gasteiger partial charge is 0.410 e. The highest BCUT2D eigenvalue weighted by molar-refractivity contribution is 7.18. The lowest BCUT2D eigenvalue weighted by molar-refractivity contribution is 0.0206. The highest BCUT2D eigenvalue weighted by Crippen LogP contribution is 2.38. The van der Waals surface area contributed by atoms with Gasteiger partial charge >= 0.3 is 6.09 Å². The monoisotopic (exact) mass is 350 g/mol. The van der Waals surface area contributed by atoms with Gasteiger partial charge in [-0.3, -0.25) is 4.90 Å². The zero-order valence-corrected chi connectivity index (χ0v) is 15.1. The fourth-order valence-corrected chi connectivity index (χ4v) is 3.88. The predicted octanol–water partition coefficient (Wildman–Crippen LogP) is 3.35. The Kier molecular flexibility index (Phi) is 4.40. The van der Waals surface area contributed by atoms with Gasteiger partial charge in [0.15, 0.2) is 0 Å². The summed E-state index contributed by atoms with van der Waals surface area (Å²) in [5.74, 6) is 0.771. The molecule has 1 aliphatic rings. The predicted molar refractivity (Wildman–Crippen MR) is 92.5 cm³/mol. The number of benzene rings is 1. The molecular formula is C17H22N2O4S. The van der Waals surface area contributed by atoms with E-state index in [9.17, 15) is 9.90 Å². The lowest BCUT2D eigenvalue weighted by atomic mass is 10.2. The van der Waals surface area contributed by atoms with Crippen molar-refractivity contribution in [2.24, 2.45) is 0 Å². The number of likely N-dealkylation sites (tertiary alicyclic amines) is 1. The first-order valence-corrected chi connectivity index (χ1v) is 8.70. The molecule has 6 nitrogen and oxygen atoms in total. The molecule has 1 fully saturated rings. The molecule has 2 atom stereocenters. The number of β-amino-alcohol motifs (C(OH)–C–C–N with tert-alkyl or cyclic N) is 1. The van der Waals surface area contributed by atoms with Gasteiger partial charge in [-0.05, 0) is 39.0 Å². The molecule has 0 bridgehead atoms. The molecule has 1 saturated heterocycles. The fraction of sp³-hybridized carbons (Fsp3) is 0.529. The zero-order chi connectivity index (χ0) is 17.5. The van der Waals surface area contributed by atoms with Gasteiger partial charge in [0.2, 0.25) is 0 Å². The minimum atomic E-state index is -0.573. The molecule has 3 rings (SSSR count). The van der Waals surface area contributed by atoms with Crippen LogP contribution in [0, 0.1) is 0 Å². The second-order valence-corrected chi connectivity index (χ2v) is 7.99. The Morgan fingerprint density at radius 2 is 2.17 bits per heavy atom. The van der Waals surface area contributed by atoms with Crippen LogP contribution < -0.4 is 4.74 Å². The maximum absolute atomic E-state index is 12.5. The van der Waals surface area contributed by atoms with Gasteiger partial charge in [-0.2, -0.15) is 0 Å². The molecule has 1 aromatic heterocycles. The molecule has 1 amide bonds. The van der Waals surface area contributed by atoms with Crippen LogP contribution in [0.25, 0.3) is 10.2 Å². The largest absolute Gasteiger partial charge is 0.497 e. The molecular weight excluding hydrogens is 328 g/mol. The Bertz CT molecular complexity index is 753. The number of fused-ring (bicyclic) bond motifs is 1. The molecule has 24 heavy (non-hydrogen) atoms. The van der Waals surface area contributed by atoms with E-state index in [1.165, 1.54) is 11.3 Å². The van der Waals surface area contributed by atoms with Crippen LogP contribution in [-0.2, 0) is 4.74 Å². The summed E-state index contributed by atoms with van der Waals surface area (Å²) < 4.78 is 11.7. The highest BCUT2D eigenvalue weighted by Gasteiger charge is 2.39. The van der Waals surface area contributed by atoms with E-state index in [1.54, 1.807) is 12.0 Å². The van der Waals surface area contributed by atoms with E-state index in [0.29, 0.717) is 6.42 Å². The zero-order valence-electron chi connectivity index (χ0n) is 14.3. The van der Waals surface area contributed by atoms with Crippen LogP contribution in [0.3, 0.4) is 0 Å². The second kappa shape index (κ2) is 6.22. The standard InChI is InChI=1S/C17H22N2O4S/c1-17(2,3)23-16(21)19-9-10(20)7-13(19)15-18-12-6-5-11(22-4)8-14(12)24-15/h5-6,8,10,13,20H,7,9H2,1-4H3/t10-,13?/m1/s1. The van der Waals surface area contributed by atoms with Gasteiger partial charge in [-0.1, -0.05) is 0 Å². The van der Waals surface area contributed by atoms with Crippen LogP contribution in [0.15, 0.2) is 18.2 Å². The Labute approximate surface area is 145 Å². The van der Waals surface area contributed by atoms with Crippen molar-refractivity contribution >= 4 is 27.6 Å². The van der Waals surface area contributed by atoms with E-state index >= 15 is 0 Å². The summed E-state index contributed by atoms with van der Waals surface area (Å²) in [5.41, 5.74) is 0.289. The number of aliphatic hydroxyl groups excluding tert-OH is 1. The number of aliphatic hydroxyl groups is 1. The number of aromatic nitrogens is 1. The summed E-state index contributed by atoms with van der Waals surface area (Å²) in [4.78, 5) is 18.7. The molecule has 0 saturated carbocycles. The Hall–Kier alpha value is -1.86. The van der Waals surface area contributed by atoms with E-state index in [1.807, 2.05) is 39.0 Å². The number of hydrogen-bond acceptors (Lipinski definition) is 6. The summed E-state index contributed by atoms with van der Waals surface area (Å²) >= 11 is 1.51. The van der Waals surface area contributed by atoms with Gasteiger partial charge in [-0.15, -0.1) is 11.3 Å². The Balaban J connectivity index is 1.89. The number of ether oxygens (including phenoxy) is 2. The topological polar surface area (TPSA) is 71.9 Å². The number of thiazole rings is 1. The van der Waals surface area contributed by atoms with Crippen LogP contribution in [0.1, 0.15) is 38.2 Å². The van der Waals surface area contributed by atoms with E-state index in [0.717, 1.165) is 21.0 Å². The SMILES string of the molecule is COc1ccc2nc(C3C[C@@H](O)CN3C(=O)OC(C)(C)C)sc2c1. The first-order valence-electron chi connectivity index (χ1n) is 7.89. The van der Waals surface area contributed by atoms with Crippen molar-refractivity contribution in [1.29, 1.82) is 0 Å². The number of amides is 1. The average molecular weight is 350 g/mol. The molecule has 130 valence electrons. The molecule has 1 aromatic carbocycles. The molecule has 0 spiro atoms. The number of nitrogens with zero attached hydrogens (tertiary/aromatic N) is 2. The van der Waals surface area contributed by atoms with E-state index in [-0.39, 0.29) is 12.6 Å². The lowest BCUT2D eigenvalue weighted by Crippen LogP contribution is -2.37. The van der Waals surface area contributed by atoms with E-state index in [4.69, 9.17) is 9.47 Å². The maximum Gasteiger partial charge on any atom is 0.410 e. The lowest BCUT2D eigenvalue weighted by Gasteiger charge is -2.27. The van der Waals surface area contributed by atoms with Crippen molar-refractivity contribution in [3.8, 4) is 5.75 Å². The van der Waals surface area contributed by atoms with Crippen molar-refractivity contribution in [1.82, 2.24) is 9.88 Å². The maximum atomic E-state index is 12.5. The fourth-order valence-electron chi connectivity index (χ4n) is 2.76. The number of carbonyl (C=O) groups is 1. The highest BCUT2D eigenvalue weighted by atomic mass is 32.1. The van der Waals surface area contributed by atoms with Crippen LogP contribution in [0.5, 0.6) is 5.75 Å². The number of hydrogen-bond donors (Lipinski definition) is 1. The van der Waals surface area contributed by atoms with Crippen LogP contribution in [-0.4, -0.2) is 46.4 Å². The molecule has 7 heteroatoms. The van der Waals surface area contributed by atoms with Crippen molar-refractivity contribution in [3.63, 3.8) is 0 Å². The van der Waals surface area contributed by atoms with Crippen LogP contribution >= 0.6 is 11.3 Å². The van der Waals surface area contributed by atoms with Gasteiger partial charge in [-0.25, -0.2) is 9.78 Å². The van der Waals surface area contributed by atoms with Crippen molar-refractivity contribution in [2.75, 3.05) is 13.7 Å². The number of methoxy groups -OCH3 is 1. The summed E-state index contributed by atoms with van der Waals surface area (Å²) in [6.45, 7) is 5.75. The normalized spacial score (nSPS) is 21.3. The molecule has 1 aliphatic heterocycles. The molecule has 2 aromatic rings.